The quantitative estimate of drug-likeness (QED) is 0.793. The highest BCUT2D eigenvalue weighted by Crippen LogP contribution is 2.29. The molecule has 14 heavy (non-hydrogen) atoms. The number of hydrogen-bond donors (Lipinski definition) is 1. The lowest BCUT2D eigenvalue weighted by Crippen LogP contribution is -2.33. The van der Waals surface area contributed by atoms with E-state index in [4.69, 9.17) is 0 Å². The third-order valence-corrected chi connectivity index (χ3v) is 4.36. The molecule has 0 radical (unpaired) electrons. The largest absolute Gasteiger partial charge is 0.315 e. The maximum absolute atomic E-state index is 3.50. The van der Waals surface area contributed by atoms with E-state index < -0.39 is 0 Å². The first-order valence-corrected chi connectivity index (χ1v) is 6.28. The summed E-state index contributed by atoms with van der Waals surface area (Å²) in [7, 11) is 0. The predicted molar refractivity (Wildman–Crippen MR) is 59.5 cm³/mol. The summed E-state index contributed by atoms with van der Waals surface area (Å²) in [5.74, 6) is 0.926. The van der Waals surface area contributed by atoms with E-state index in [1.807, 2.05) is 11.3 Å². The number of fused-ring (bicyclic) bond motifs is 1. The van der Waals surface area contributed by atoms with Crippen LogP contribution in [0, 0.1) is 5.92 Å². The minimum absolute atomic E-state index is 0.817. The topological polar surface area (TPSA) is 15.3 Å². The number of thiophene rings is 1. The van der Waals surface area contributed by atoms with E-state index in [0.29, 0.717) is 0 Å². The molecule has 0 amide bonds. The Balaban J connectivity index is 1.68. The zero-order valence-electron chi connectivity index (χ0n) is 8.28. The van der Waals surface area contributed by atoms with Crippen LogP contribution in [0.25, 0.3) is 0 Å². The van der Waals surface area contributed by atoms with Crippen LogP contribution < -0.4 is 5.32 Å². The van der Waals surface area contributed by atoms with Crippen molar-refractivity contribution in [3.05, 3.63) is 22.4 Å². The van der Waals surface area contributed by atoms with E-state index in [2.05, 4.69) is 27.7 Å². The molecule has 1 aromatic rings. The Morgan fingerprint density at radius 3 is 3.36 bits per heavy atom. The molecule has 76 valence electrons. The van der Waals surface area contributed by atoms with Crippen molar-refractivity contribution < 1.29 is 0 Å². The fourth-order valence-electron chi connectivity index (χ4n) is 2.74. The van der Waals surface area contributed by atoms with Crippen molar-refractivity contribution in [2.24, 2.45) is 5.92 Å². The van der Waals surface area contributed by atoms with Gasteiger partial charge in [-0.15, -0.1) is 11.3 Å². The Bertz CT molecular complexity index is 296. The molecular weight excluding hydrogens is 192 g/mol. The van der Waals surface area contributed by atoms with Crippen LogP contribution in [0.4, 0.5) is 0 Å². The van der Waals surface area contributed by atoms with Gasteiger partial charge in [0, 0.05) is 24.0 Å². The lowest BCUT2D eigenvalue weighted by Gasteiger charge is -2.22. The summed E-state index contributed by atoms with van der Waals surface area (Å²) in [6, 6.07) is 5.22. The predicted octanol–water partition coefficient (Wildman–Crippen LogP) is 1.54. The van der Waals surface area contributed by atoms with Crippen molar-refractivity contribution >= 4 is 11.3 Å². The van der Waals surface area contributed by atoms with Crippen LogP contribution >= 0.6 is 11.3 Å². The zero-order valence-corrected chi connectivity index (χ0v) is 9.09. The normalized spacial score (nSPS) is 32.3. The van der Waals surface area contributed by atoms with Gasteiger partial charge in [-0.3, -0.25) is 4.90 Å². The second-order valence-corrected chi connectivity index (χ2v) is 5.36. The van der Waals surface area contributed by atoms with Gasteiger partial charge in [-0.25, -0.2) is 0 Å². The maximum Gasteiger partial charge on any atom is 0.0331 e. The summed E-state index contributed by atoms with van der Waals surface area (Å²) in [4.78, 5) is 4.16. The van der Waals surface area contributed by atoms with E-state index >= 15 is 0 Å². The Hall–Kier alpha value is -0.380. The summed E-state index contributed by atoms with van der Waals surface area (Å²) in [5, 5.41) is 5.67. The van der Waals surface area contributed by atoms with Gasteiger partial charge in [0.15, 0.2) is 0 Å². The van der Waals surface area contributed by atoms with Gasteiger partial charge in [0.1, 0.15) is 0 Å². The van der Waals surface area contributed by atoms with Gasteiger partial charge in [0.05, 0.1) is 0 Å². The molecular formula is C11H16N2S. The molecule has 0 aliphatic carbocycles. The van der Waals surface area contributed by atoms with E-state index in [1.165, 1.54) is 37.5 Å². The average Bonchev–Trinajstić information content (AvgIpc) is 2.85. The van der Waals surface area contributed by atoms with Crippen molar-refractivity contribution in [2.75, 3.05) is 19.6 Å². The van der Waals surface area contributed by atoms with E-state index in [0.717, 1.165) is 12.0 Å². The highest BCUT2D eigenvalue weighted by atomic mass is 32.1. The molecule has 2 fully saturated rings. The standard InChI is InChI=1S/C11H16N2S/c1-2-10(14-5-1)8-13-4-3-9-6-12-7-11(9)13/h1-2,5,9,11-12H,3-4,6-8H2/t9-,11+/m1/s1. The van der Waals surface area contributed by atoms with Crippen molar-refractivity contribution in [3.63, 3.8) is 0 Å². The van der Waals surface area contributed by atoms with Crippen LogP contribution in [0.2, 0.25) is 0 Å². The van der Waals surface area contributed by atoms with Gasteiger partial charge in [0.2, 0.25) is 0 Å². The Morgan fingerprint density at radius 2 is 2.50 bits per heavy atom. The van der Waals surface area contributed by atoms with Crippen LogP contribution in [-0.2, 0) is 6.54 Å². The highest BCUT2D eigenvalue weighted by Gasteiger charge is 2.37. The van der Waals surface area contributed by atoms with Crippen LogP contribution in [0.3, 0.4) is 0 Å². The third kappa shape index (κ3) is 1.49. The molecule has 0 aromatic carbocycles. The number of hydrogen-bond acceptors (Lipinski definition) is 3. The number of likely N-dealkylation sites (tertiary alicyclic amines) is 1. The van der Waals surface area contributed by atoms with Crippen LogP contribution in [-0.4, -0.2) is 30.6 Å². The van der Waals surface area contributed by atoms with E-state index in [9.17, 15) is 0 Å². The monoisotopic (exact) mass is 208 g/mol. The van der Waals surface area contributed by atoms with Gasteiger partial charge in [-0.05, 0) is 36.9 Å². The maximum atomic E-state index is 3.50. The summed E-state index contributed by atoms with van der Waals surface area (Å²) >= 11 is 1.88. The molecule has 0 unspecified atom stereocenters. The summed E-state index contributed by atoms with van der Waals surface area (Å²) in [6.45, 7) is 4.91. The third-order valence-electron chi connectivity index (χ3n) is 3.50. The first kappa shape index (κ1) is 8.89. The van der Waals surface area contributed by atoms with Gasteiger partial charge in [0.25, 0.3) is 0 Å². The minimum atomic E-state index is 0.817. The lowest BCUT2D eigenvalue weighted by molar-refractivity contribution is 0.246. The van der Waals surface area contributed by atoms with Gasteiger partial charge >= 0.3 is 0 Å². The number of nitrogens with one attached hydrogen (secondary N) is 1. The molecule has 1 aromatic heterocycles. The first-order valence-electron chi connectivity index (χ1n) is 5.40. The molecule has 2 saturated heterocycles. The Morgan fingerprint density at radius 1 is 1.50 bits per heavy atom. The second kappa shape index (κ2) is 3.65. The zero-order chi connectivity index (χ0) is 9.38. The summed E-state index contributed by atoms with van der Waals surface area (Å²) < 4.78 is 0. The SMILES string of the molecule is c1csc(CN2CC[C@@H]3CNC[C@@H]32)c1. The molecule has 2 nitrogen and oxygen atoms in total. The molecule has 0 spiro atoms. The van der Waals surface area contributed by atoms with Crippen LogP contribution in [0.5, 0.6) is 0 Å². The first-order chi connectivity index (χ1) is 6.93. The summed E-state index contributed by atoms with van der Waals surface area (Å²) in [5.41, 5.74) is 0. The minimum Gasteiger partial charge on any atom is -0.315 e. The second-order valence-electron chi connectivity index (χ2n) is 4.32. The van der Waals surface area contributed by atoms with Crippen molar-refractivity contribution in [3.8, 4) is 0 Å². The van der Waals surface area contributed by atoms with Gasteiger partial charge < -0.3 is 5.32 Å². The van der Waals surface area contributed by atoms with E-state index in [1.54, 1.807) is 0 Å². The van der Waals surface area contributed by atoms with Crippen LogP contribution in [0.1, 0.15) is 11.3 Å². The average molecular weight is 208 g/mol. The molecule has 1 N–H and O–H groups in total. The molecule has 0 bridgehead atoms. The fourth-order valence-corrected chi connectivity index (χ4v) is 3.47. The van der Waals surface area contributed by atoms with Crippen LogP contribution in [0.15, 0.2) is 17.5 Å². The van der Waals surface area contributed by atoms with Crippen molar-refractivity contribution in [2.45, 2.75) is 19.0 Å². The molecule has 3 rings (SSSR count). The smallest absolute Gasteiger partial charge is 0.0331 e. The number of nitrogens with zero attached hydrogens (tertiary/aromatic N) is 1. The summed E-state index contributed by atoms with van der Waals surface area (Å²) in [6.07, 6.45) is 1.39. The van der Waals surface area contributed by atoms with Crippen molar-refractivity contribution in [1.82, 2.24) is 10.2 Å². The molecule has 3 heteroatoms. The molecule has 2 aliphatic rings. The number of rotatable bonds is 2. The molecule has 2 atom stereocenters. The highest BCUT2D eigenvalue weighted by molar-refractivity contribution is 7.09. The van der Waals surface area contributed by atoms with Gasteiger partial charge in [-0.1, -0.05) is 6.07 Å². The van der Waals surface area contributed by atoms with Gasteiger partial charge in [-0.2, -0.15) is 0 Å². The van der Waals surface area contributed by atoms with E-state index in [-0.39, 0.29) is 0 Å². The fraction of sp³-hybridized carbons (Fsp3) is 0.636. The Kier molecular flexibility index (Phi) is 2.32. The lowest BCUT2D eigenvalue weighted by atomic mass is 10.1. The Labute approximate surface area is 88.9 Å². The molecule has 2 aliphatic heterocycles. The molecule has 0 saturated carbocycles. The molecule has 3 heterocycles. The van der Waals surface area contributed by atoms with Crippen molar-refractivity contribution in [1.29, 1.82) is 0 Å².